The van der Waals surface area contributed by atoms with Crippen LogP contribution in [-0.2, 0) is 6.42 Å². The summed E-state index contributed by atoms with van der Waals surface area (Å²) >= 11 is 1.67. The van der Waals surface area contributed by atoms with Crippen molar-refractivity contribution in [2.45, 2.75) is 39.7 Å². The van der Waals surface area contributed by atoms with Crippen molar-refractivity contribution >= 4 is 11.3 Å². The third kappa shape index (κ3) is 3.66. The Kier molecular flexibility index (Phi) is 5.42. The molecule has 2 nitrogen and oxygen atoms in total. The molecule has 1 unspecified atom stereocenters. The van der Waals surface area contributed by atoms with Gasteiger partial charge in [-0.3, -0.25) is 0 Å². The summed E-state index contributed by atoms with van der Waals surface area (Å²) in [6.07, 6.45) is -1.52. The number of aromatic nitrogens is 1. The number of alkyl halides is 2. The van der Waals surface area contributed by atoms with Gasteiger partial charge in [0.05, 0.1) is 11.7 Å². The van der Waals surface area contributed by atoms with Crippen molar-refractivity contribution in [3.63, 3.8) is 0 Å². The van der Waals surface area contributed by atoms with Gasteiger partial charge in [-0.05, 0) is 25.5 Å². The molecule has 114 valence electrons. The van der Waals surface area contributed by atoms with Crippen LogP contribution in [0.2, 0.25) is 0 Å². The first-order valence-corrected chi connectivity index (χ1v) is 7.96. The van der Waals surface area contributed by atoms with Gasteiger partial charge < -0.3 is 5.32 Å². The first-order chi connectivity index (χ1) is 10.1. The molecule has 21 heavy (non-hydrogen) atoms. The van der Waals surface area contributed by atoms with Gasteiger partial charge in [0.2, 0.25) is 0 Å². The van der Waals surface area contributed by atoms with E-state index < -0.39 is 6.43 Å². The summed E-state index contributed by atoms with van der Waals surface area (Å²) < 4.78 is 25.3. The van der Waals surface area contributed by atoms with Crippen molar-refractivity contribution in [3.8, 4) is 0 Å². The van der Waals surface area contributed by atoms with E-state index in [0.29, 0.717) is 0 Å². The zero-order valence-electron chi connectivity index (χ0n) is 12.5. The van der Waals surface area contributed by atoms with Crippen molar-refractivity contribution < 1.29 is 8.78 Å². The van der Waals surface area contributed by atoms with Crippen molar-refractivity contribution in [1.82, 2.24) is 10.3 Å². The molecule has 1 heterocycles. The molecule has 0 saturated heterocycles. The number of hydrogen-bond acceptors (Lipinski definition) is 3. The summed E-state index contributed by atoms with van der Waals surface area (Å²) in [6.45, 7) is 6.98. The topological polar surface area (TPSA) is 24.9 Å². The average molecular weight is 310 g/mol. The zero-order chi connectivity index (χ0) is 15.4. The highest BCUT2D eigenvalue weighted by Crippen LogP contribution is 2.29. The summed E-state index contributed by atoms with van der Waals surface area (Å²) in [4.78, 5) is 5.91. The van der Waals surface area contributed by atoms with E-state index in [1.54, 1.807) is 23.5 Å². The lowest BCUT2D eigenvalue weighted by Crippen LogP contribution is -2.21. The van der Waals surface area contributed by atoms with E-state index in [2.05, 4.69) is 24.1 Å². The van der Waals surface area contributed by atoms with Crippen molar-refractivity contribution in [2.24, 2.45) is 0 Å². The number of aryl methyl sites for hydroxylation is 2. The van der Waals surface area contributed by atoms with Gasteiger partial charge in [-0.25, -0.2) is 13.8 Å². The fourth-order valence-corrected chi connectivity index (χ4v) is 3.40. The Morgan fingerprint density at radius 1 is 1.14 bits per heavy atom. The van der Waals surface area contributed by atoms with Gasteiger partial charge in [0.25, 0.3) is 6.43 Å². The van der Waals surface area contributed by atoms with Gasteiger partial charge in [0.15, 0.2) is 0 Å². The second-order valence-corrected chi connectivity index (χ2v) is 6.10. The minimum absolute atomic E-state index is 0.0364. The standard InChI is InChI=1S/C16H20F2N2S/c1-4-13-10(3)21-16(20-13)14(19-5-2)11-6-8-12(9-7-11)15(17)18/h6-9,14-15,19H,4-5H2,1-3H3. The van der Waals surface area contributed by atoms with E-state index in [4.69, 9.17) is 0 Å². The highest BCUT2D eigenvalue weighted by molar-refractivity contribution is 7.11. The van der Waals surface area contributed by atoms with E-state index in [-0.39, 0.29) is 11.6 Å². The van der Waals surface area contributed by atoms with Gasteiger partial charge in [0.1, 0.15) is 5.01 Å². The molecular weight excluding hydrogens is 290 g/mol. The number of rotatable bonds is 6. The minimum Gasteiger partial charge on any atom is -0.305 e. The maximum absolute atomic E-state index is 12.6. The number of nitrogens with zero attached hydrogens (tertiary/aromatic N) is 1. The quantitative estimate of drug-likeness (QED) is 0.840. The van der Waals surface area contributed by atoms with Gasteiger partial charge in [-0.2, -0.15) is 0 Å². The second kappa shape index (κ2) is 7.09. The highest BCUT2D eigenvalue weighted by Gasteiger charge is 2.19. The lowest BCUT2D eigenvalue weighted by molar-refractivity contribution is 0.151. The first-order valence-electron chi connectivity index (χ1n) is 7.14. The molecule has 0 aliphatic rings. The SMILES string of the molecule is CCNC(c1ccc(C(F)F)cc1)c1nc(CC)c(C)s1. The summed E-state index contributed by atoms with van der Waals surface area (Å²) in [7, 11) is 0. The Morgan fingerprint density at radius 3 is 2.24 bits per heavy atom. The van der Waals surface area contributed by atoms with E-state index in [0.717, 1.165) is 29.2 Å². The van der Waals surface area contributed by atoms with Crippen LogP contribution >= 0.6 is 11.3 Å². The highest BCUT2D eigenvalue weighted by atomic mass is 32.1. The third-order valence-electron chi connectivity index (χ3n) is 3.42. The molecule has 0 amide bonds. The molecule has 1 aromatic heterocycles. The number of hydrogen-bond donors (Lipinski definition) is 1. The van der Waals surface area contributed by atoms with Crippen LogP contribution in [0.1, 0.15) is 53.0 Å². The Balaban J connectivity index is 2.33. The van der Waals surface area contributed by atoms with Crippen molar-refractivity contribution in [3.05, 3.63) is 51.0 Å². The Hall–Kier alpha value is -1.33. The van der Waals surface area contributed by atoms with Crippen LogP contribution in [0.5, 0.6) is 0 Å². The Morgan fingerprint density at radius 2 is 1.76 bits per heavy atom. The Bertz CT molecular complexity index is 578. The van der Waals surface area contributed by atoms with Crippen LogP contribution in [0.3, 0.4) is 0 Å². The monoisotopic (exact) mass is 310 g/mol. The maximum Gasteiger partial charge on any atom is 0.263 e. The fourth-order valence-electron chi connectivity index (χ4n) is 2.29. The molecule has 2 rings (SSSR count). The van der Waals surface area contributed by atoms with Crippen LogP contribution in [0.25, 0.3) is 0 Å². The molecule has 0 bridgehead atoms. The molecule has 0 spiro atoms. The zero-order valence-corrected chi connectivity index (χ0v) is 13.3. The van der Waals surface area contributed by atoms with Crippen LogP contribution in [-0.4, -0.2) is 11.5 Å². The largest absolute Gasteiger partial charge is 0.305 e. The Labute approximate surface area is 128 Å². The lowest BCUT2D eigenvalue weighted by atomic mass is 10.1. The van der Waals surface area contributed by atoms with E-state index in [1.807, 2.05) is 6.92 Å². The van der Waals surface area contributed by atoms with E-state index >= 15 is 0 Å². The summed E-state index contributed by atoms with van der Waals surface area (Å²) in [6, 6.07) is 6.47. The summed E-state index contributed by atoms with van der Waals surface area (Å²) in [5.41, 5.74) is 2.14. The van der Waals surface area contributed by atoms with Gasteiger partial charge in [-0.1, -0.05) is 38.1 Å². The van der Waals surface area contributed by atoms with E-state index in [1.165, 1.54) is 17.0 Å². The van der Waals surface area contributed by atoms with Crippen LogP contribution in [0.15, 0.2) is 24.3 Å². The van der Waals surface area contributed by atoms with Gasteiger partial charge in [-0.15, -0.1) is 11.3 Å². The number of benzene rings is 1. The summed E-state index contributed by atoms with van der Waals surface area (Å²) in [5, 5.41) is 4.39. The molecule has 2 aromatic rings. The molecule has 0 fully saturated rings. The van der Waals surface area contributed by atoms with Gasteiger partial charge in [0, 0.05) is 10.4 Å². The molecule has 1 aromatic carbocycles. The van der Waals surface area contributed by atoms with Crippen LogP contribution < -0.4 is 5.32 Å². The molecule has 0 radical (unpaired) electrons. The van der Waals surface area contributed by atoms with Crippen molar-refractivity contribution in [1.29, 1.82) is 0 Å². The van der Waals surface area contributed by atoms with Gasteiger partial charge >= 0.3 is 0 Å². The molecule has 5 heteroatoms. The number of thiazole rings is 1. The molecule has 0 aliphatic heterocycles. The molecular formula is C16H20F2N2S. The smallest absolute Gasteiger partial charge is 0.263 e. The third-order valence-corrected chi connectivity index (χ3v) is 4.50. The average Bonchev–Trinajstić information content (AvgIpc) is 2.85. The summed E-state index contributed by atoms with van der Waals surface area (Å²) in [5.74, 6) is 0. The molecule has 1 N–H and O–H groups in total. The fraction of sp³-hybridized carbons (Fsp3) is 0.438. The predicted octanol–water partition coefficient (Wildman–Crippen LogP) is 4.65. The number of nitrogens with one attached hydrogen (secondary N) is 1. The van der Waals surface area contributed by atoms with E-state index in [9.17, 15) is 8.78 Å². The molecule has 1 atom stereocenters. The predicted molar refractivity (Wildman–Crippen MR) is 83.1 cm³/mol. The molecule has 0 saturated carbocycles. The lowest BCUT2D eigenvalue weighted by Gasteiger charge is -2.16. The maximum atomic E-state index is 12.6. The molecule has 0 aliphatic carbocycles. The normalized spacial score (nSPS) is 12.9. The minimum atomic E-state index is -2.43. The second-order valence-electron chi connectivity index (χ2n) is 4.87. The first kappa shape index (κ1) is 16.0. The van der Waals surface area contributed by atoms with Crippen LogP contribution in [0.4, 0.5) is 8.78 Å². The van der Waals surface area contributed by atoms with Crippen molar-refractivity contribution in [2.75, 3.05) is 6.54 Å². The van der Waals surface area contributed by atoms with Crippen LogP contribution in [0, 0.1) is 6.92 Å². The number of halogens is 2.